The molecule has 2 aliphatic rings. The number of esters is 2. The van der Waals surface area contributed by atoms with Gasteiger partial charge in [0.05, 0.1) is 19.8 Å². The molecule has 0 aromatic heterocycles. The van der Waals surface area contributed by atoms with Crippen LogP contribution in [0.4, 0.5) is 0 Å². The number of carbonyl (C=O) groups is 2. The van der Waals surface area contributed by atoms with Gasteiger partial charge < -0.3 is 64.2 Å². The largest absolute Gasteiger partial charge is 0.462 e. The number of aliphatic hydroxyl groups excluding tert-OH is 7. The van der Waals surface area contributed by atoms with Gasteiger partial charge in [-0.3, -0.25) is 9.59 Å². The average molecular weight is 993 g/mol. The van der Waals surface area contributed by atoms with E-state index in [0.29, 0.717) is 25.7 Å². The molecule has 0 bridgehead atoms. The van der Waals surface area contributed by atoms with E-state index in [2.05, 4.69) is 68.5 Å². The monoisotopic (exact) mass is 993 g/mol. The molecule has 70 heavy (non-hydrogen) atoms. The summed E-state index contributed by atoms with van der Waals surface area (Å²) in [6.45, 7) is 2.45. The SMILES string of the molecule is CCCCC/C=C/C/C=C/C/C=C/C/C=C/CCCC(=O)O[C@@H](COC(=O)CCC/C=C/C/C=C/CCCCCCCCCCC)CO[C@@H]1O[C@H](CO[C@@H]2O[C@H](CO)[C@H](O)C(O)C2O)[C@H](O)C(O)C1O. The van der Waals surface area contributed by atoms with Crippen LogP contribution in [0, 0.1) is 0 Å². The highest BCUT2D eigenvalue weighted by molar-refractivity contribution is 5.70. The molecular formula is C55H92O15. The number of hydrogen-bond donors (Lipinski definition) is 7. The molecule has 0 amide bonds. The molecule has 0 aliphatic carbocycles. The summed E-state index contributed by atoms with van der Waals surface area (Å²) in [7, 11) is 0. The van der Waals surface area contributed by atoms with Crippen molar-refractivity contribution < 1.29 is 73.8 Å². The van der Waals surface area contributed by atoms with Crippen molar-refractivity contribution in [3.8, 4) is 0 Å². The summed E-state index contributed by atoms with van der Waals surface area (Å²) in [5.74, 6) is -1.05. The van der Waals surface area contributed by atoms with Gasteiger partial charge in [-0.15, -0.1) is 0 Å². The van der Waals surface area contributed by atoms with Gasteiger partial charge in [-0.05, 0) is 77.0 Å². The fourth-order valence-corrected chi connectivity index (χ4v) is 7.78. The van der Waals surface area contributed by atoms with Crippen LogP contribution in [0.3, 0.4) is 0 Å². The van der Waals surface area contributed by atoms with Gasteiger partial charge in [0, 0.05) is 12.8 Å². The lowest BCUT2D eigenvalue weighted by molar-refractivity contribution is -0.332. The van der Waals surface area contributed by atoms with Crippen LogP contribution in [0.5, 0.6) is 0 Å². The third-order valence-electron chi connectivity index (χ3n) is 12.2. The van der Waals surface area contributed by atoms with Crippen LogP contribution in [0.15, 0.2) is 72.9 Å². The fraction of sp³-hybridized carbons (Fsp3) is 0.745. The van der Waals surface area contributed by atoms with E-state index >= 15 is 0 Å². The number of hydrogen-bond acceptors (Lipinski definition) is 15. The lowest BCUT2D eigenvalue weighted by atomic mass is 9.98. The van der Waals surface area contributed by atoms with E-state index in [1.165, 1.54) is 77.0 Å². The predicted octanol–water partition coefficient (Wildman–Crippen LogP) is 7.82. The molecular weight excluding hydrogens is 901 g/mol. The maximum atomic E-state index is 13.0. The van der Waals surface area contributed by atoms with E-state index in [-0.39, 0.29) is 19.4 Å². The quantitative estimate of drug-likeness (QED) is 0.0176. The third-order valence-corrected chi connectivity index (χ3v) is 12.2. The summed E-state index contributed by atoms with van der Waals surface area (Å²) in [6, 6.07) is 0. The molecule has 0 radical (unpaired) electrons. The highest BCUT2D eigenvalue weighted by Gasteiger charge is 2.47. The Morgan fingerprint density at radius 2 is 0.857 bits per heavy atom. The van der Waals surface area contributed by atoms with Crippen molar-refractivity contribution in [2.75, 3.05) is 26.4 Å². The second-order valence-electron chi connectivity index (χ2n) is 18.3. The minimum Gasteiger partial charge on any atom is -0.462 e. The Bertz CT molecular complexity index is 1490. The van der Waals surface area contributed by atoms with E-state index in [9.17, 15) is 45.3 Å². The maximum absolute atomic E-state index is 13.0. The minimum atomic E-state index is -1.78. The molecule has 2 aliphatic heterocycles. The molecule has 2 heterocycles. The van der Waals surface area contributed by atoms with Crippen LogP contribution >= 0.6 is 0 Å². The molecule has 0 spiro atoms. The summed E-state index contributed by atoms with van der Waals surface area (Å²) >= 11 is 0. The van der Waals surface area contributed by atoms with E-state index in [4.69, 9.17) is 28.4 Å². The molecule has 4 unspecified atom stereocenters. The molecule has 2 saturated heterocycles. The molecule has 402 valence electrons. The summed E-state index contributed by atoms with van der Waals surface area (Å²) in [5, 5.41) is 72.1. The molecule has 0 saturated carbocycles. The normalized spacial score (nSPS) is 26.0. The Morgan fingerprint density at radius 3 is 1.37 bits per heavy atom. The first-order chi connectivity index (χ1) is 34.0. The molecule has 7 N–H and O–H groups in total. The molecule has 2 rings (SSSR count). The number of carbonyl (C=O) groups excluding carboxylic acids is 2. The summed E-state index contributed by atoms with van der Waals surface area (Å²) < 4.78 is 33.5. The van der Waals surface area contributed by atoms with Gasteiger partial charge in [-0.2, -0.15) is 0 Å². The molecule has 11 atom stereocenters. The molecule has 0 aromatic carbocycles. The molecule has 2 fully saturated rings. The Kier molecular flexibility index (Phi) is 37.3. The third kappa shape index (κ3) is 28.8. The van der Waals surface area contributed by atoms with Crippen molar-refractivity contribution in [1.82, 2.24) is 0 Å². The number of ether oxygens (including phenoxy) is 6. The van der Waals surface area contributed by atoms with Crippen LogP contribution in [0.1, 0.15) is 168 Å². The van der Waals surface area contributed by atoms with Crippen molar-refractivity contribution in [3.63, 3.8) is 0 Å². The second kappa shape index (κ2) is 41.4. The average Bonchev–Trinajstić information content (AvgIpc) is 3.35. The number of allylic oxidation sites excluding steroid dienone is 12. The first kappa shape index (κ1) is 63.1. The van der Waals surface area contributed by atoms with E-state index in [1.807, 2.05) is 18.2 Å². The van der Waals surface area contributed by atoms with Crippen molar-refractivity contribution >= 4 is 11.9 Å². The van der Waals surface area contributed by atoms with Crippen molar-refractivity contribution in [2.24, 2.45) is 0 Å². The van der Waals surface area contributed by atoms with Crippen molar-refractivity contribution in [1.29, 1.82) is 0 Å². The summed E-state index contributed by atoms with van der Waals surface area (Å²) in [4.78, 5) is 25.7. The lowest BCUT2D eigenvalue weighted by Crippen LogP contribution is -2.61. The Labute approximate surface area is 419 Å². The topological polar surface area (TPSA) is 231 Å². The first-order valence-electron chi connectivity index (χ1n) is 26.5. The standard InChI is InChI=1S/C55H92O15/c1-3-5-7-9-11-13-15-17-19-21-23-25-27-29-31-33-35-37-46(57)65-40-43(68-47(58)38-36-34-32-30-28-26-24-22-20-18-16-14-12-10-8-6-4-2)41-66-54-53(64)51(62)49(60)45(70-54)42-67-55-52(63)50(61)48(59)44(39-56)69-55/h12,14,18,20,23-26,29-32,43-45,48-56,59-64H,3-11,13,15-17,19,21-22,27-28,33-42H2,1-2H3/b14-12+,20-18+,25-23+,26-24+,31-29+,32-30+/t43-,44+,45+,48-,49-,50?,51?,52?,53?,54+,55+/m0/s1. The second-order valence-corrected chi connectivity index (χ2v) is 18.3. The summed E-state index contributed by atoms with van der Waals surface area (Å²) in [5.41, 5.74) is 0. The fourth-order valence-electron chi connectivity index (χ4n) is 7.78. The maximum Gasteiger partial charge on any atom is 0.306 e. The highest BCUT2D eigenvalue weighted by Crippen LogP contribution is 2.26. The van der Waals surface area contributed by atoms with Crippen molar-refractivity contribution in [2.45, 2.75) is 235 Å². The molecule has 15 heteroatoms. The van der Waals surface area contributed by atoms with E-state index in [1.54, 1.807) is 0 Å². The van der Waals surface area contributed by atoms with Gasteiger partial charge in [-0.1, -0.05) is 151 Å². The van der Waals surface area contributed by atoms with Crippen LogP contribution in [0.25, 0.3) is 0 Å². The van der Waals surface area contributed by atoms with Gasteiger partial charge in [0.15, 0.2) is 18.7 Å². The zero-order valence-electron chi connectivity index (χ0n) is 42.5. The van der Waals surface area contributed by atoms with Gasteiger partial charge >= 0.3 is 11.9 Å². The van der Waals surface area contributed by atoms with E-state index < -0.39 is 99.3 Å². The lowest BCUT2D eigenvalue weighted by Gasteiger charge is -2.42. The van der Waals surface area contributed by atoms with Crippen molar-refractivity contribution in [3.05, 3.63) is 72.9 Å². The van der Waals surface area contributed by atoms with Gasteiger partial charge in [0.2, 0.25) is 0 Å². The Hall–Kier alpha value is -3.06. The van der Waals surface area contributed by atoms with Crippen LogP contribution < -0.4 is 0 Å². The molecule has 0 aromatic rings. The van der Waals surface area contributed by atoms with Gasteiger partial charge in [-0.25, -0.2) is 0 Å². The van der Waals surface area contributed by atoms with E-state index in [0.717, 1.165) is 38.5 Å². The van der Waals surface area contributed by atoms with Gasteiger partial charge in [0.25, 0.3) is 0 Å². The summed E-state index contributed by atoms with van der Waals surface area (Å²) in [6.07, 6.45) is 32.3. The zero-order valence-corrected chi connectivity index (χ0v) is 42.5. The Morgan fingerprint density at radius 1 is 0.457 bits per heavy atom. The highest BCUT2D eigenvalue weighted by atomic mass is 16.7. The Balaban J connectivity index is 1.85. The molecule has 15 nitrogen and oxygen atoms in total. The number of aliphatic hydroxyl groups is 7. The predicted molar refractivity (Wildman–Crippen MR) is 270 cm³/mol. The first-order valence-corrected chi connectivity index (χ1v) is 26.5. The minimum absolute atomic E-state index is 0.0775. The number of unbranched alkanes of at least 4 members (excludes halogenated alkanes) is 14. The zero-order chi connectivity index (χ0) is 51.0. The van der Waals surface area contributed by atoms with Crippen LogP contribution in [0.2, 0.25) is 0 Å². The number of rotatable bonds is 40. The van der Waals surface area contributed by atoms with Crippen LogP contribution in [-0.4, -0.2) is 142 Å². The van der Waals surface area contributed by atoms with Gasteiger partial charge in [0.1, 0.15) is 55.4 Å². The van der Waals surface area contributed by atoms with Crippen LogP contribution in [-0.2, 0) is 38.0 Å². The smallest absolute Gasteiger partial charge is 0.306 e.